The Morgan fingerprint density at radius 1 is 0.719 bits per heavy atom. The summed E-state index contributed by atoms with van der Waals surface area (Å²) in [6.07, 6.45) is 0. The molecule has 1 heterocycles. The number of benzene rings is 3. The van der Waals surface area contributed by atoms with Crippen LogP contribution < -0.4 is 24.4 Å². The average molecular weight is 430 g/mol. The number of para-hydroxylation sites is 3. The molecular formula is C25H22N2O5. The Morgan fingerprint density at radius 3 is 2.12 bits per heavy atom. The third kappa shape index (κ3) is 3.65. The van der Waals surface area contributed by atoms with Gasteiger partial charge in [-0.1, -0.05) is 36.4 Å². The van der Waals surface area contributed by atoms with E-state index in [1.807, 2.05) is 12.1 Å². The lowest BCUT2D eigenvalue weighted by Crippen LogP contribution is -2.32. The topological polar surface area (TPSA) is 77.1 Å². The smallest absolute Gasteiger partial charge is 0.282 e. The van der Waals surface area contributed by atoms with Crippen molar-refractivity contribution in [2.75, 3.05) is 31.5 Å². The third-order valence-corrected chi connectivity index (χ3v) is 5.14. The van der Waals surface area contributed by atoms with Crippen LogP contribution in [0.2, 0.25) is 0 Å². The lowest BCUT2D eigenvalue weighted by atomic mass is 10.0. The Bertz CT molecular complexity index is 1220. The van der Waals surface area contributed by atoms with Gasteiger partial charge in [0.05, 0.1) is 38.3 Å². The first-order valence-electron chi connectivity index (χ1n) is 9.89. The summed E-state index contributed by atoms with van der Waals surface area (Å²) in [4.78, 5) is 28.3. The fourth-order valence-corrected chi connectivity index (χ4v) is 3.61. The van der Waals surface area contributed by atoms with Crippen molar-refractivity contribution in [2.24, 2.45) is 0 Å². The van der Waals surface area contributed by atoms with Crippen LogP contribution in [0.3, 0.4) is 0 Å². The largest absolute Gasteiger partial charge is 0.497 e. The number of hydrogen-bond donors (Lipinski definition) is 1. The van der Waals surface area contributed by atoms with Crippen LogP contribution in [0.15, 0.2) is 78.5 Å². The van der Waals surface area contributed by atoms with Crippen molar-refractivity contribution in [2.45, 2.75) is 0 Å². The SMILES string of the molecule is COc1cccc(N2C(=O)C(Nc3ccccc3OC)=C(c3ccccc3OC)C2=O)c1. The second-order valence-electron chi connectivity index (χ2n) is 6.92. The molecule has 7 heteroatoms. The lowest BCUT2D eigenvalue weighted by molar-refractivity contribution is -0.120. The molecule has 3 aromatic rings. The quantitative estimate of drug-likeness (QED) is 0.569. The van der Waals surface area contributed by atoms with Crippen LogP contribution in [0.4, 0.5) is 11.4 Å². The zero-order valence-electron chi connectivity index (χ0n) is 17.9. The minimum atomic E-state index is -0.491. The number of nitrogens with one attached hydrogen (secondary N) is 1. The molecule has 0 fully saturated rings. The summed E-state index contributed by atoms with van der Waals surface area (Å²) < 4.78 is 16.2. The number of nitrogens with zero attached hydrogens (tertiary/aromatic N) is 1. The predicted molar refractivity (Wildman–Crippen MR) is 122 cm³/mol. The number of ether oxygens (including phenoxy) is 3. The summed E-state index contributed by atoms with van der Waals surface area (Å²) in [5.74, 6) is 0.600. The molecule has 0 saturated carbocycles. The van der Waals surface area contributed by atoms with Crippen LogP contribution in [-0.4, -0.2) is 33.1 Å². The summed E-state index contributed by atoms with van der Waals surface area (Å²) >= 11 is 0. The monoisotopic (exact) mass is 430 g/mol. The van der Waals surface area contributed by atoms with Crippen molar-refractivity contribution in [3.8, 4) is 17.2 Å². The van der Waals surface area contributed by atoms with Gasteiger partial charge in [-0.05, 0) is 30.3 Å². The highest BCUT2D eigenvalue weighted by Crippen LogP contribution is 2.39. The molecule has 32 heavy (non-hydrogen) atoms. The van der Waals surface area contributed by atoms with Gasteiger partial charge >= 0.3 is 0 Å². The van der Waals surface area contributed by atoms with Crippen LogP contribution in [-0.2, 0) is 9.59 Å². The Kier molecular flexibility index (Phi) is 5.81. The van der Waals surface area contributed by atoms with Crippen LogP contribution in [0.25, 0.3) is 5.57 Å². The fraction of sp³-hybridized carbons (Fsp3) is 0.120. The number of carbonyl (C=O) groups is 2. The van der Waals surface area contributed by atoms with Gasteiger partial charge in [0.1, 0.15) is 22.9 Å². The maximum absolute atomic E-state index is 13.6. The fourth-order valence-electron chi connectivity index (χ4n) is 3.61. The molecule has 0 radical (unpaired) electrons. The first kappa shape index (κ1) is 21.0. The van der Waals surface area contributed by atoms with Gasteiger partial charge in [0.25, 0.3) is 11.8 Å². The average Bonchev–Trinajstić information content (AvgIpc) is 3.08. The van der Waals surface area contributed by atoms with Gasteiger partial charge in [0, 0.05) is 11.6 Å². The molecule has 7 nitrogen and oxygen atoms in total. The first-order valence-corrected chi connectivity index (χ1v) is 9.89. The Labute approximate surface area is 185 Å². The van der Waals surface area contributed by atoms with Crippen molar-refractivity contribution in [1.82, 2.24) is 0 Å². The van der Waals surface area contributed by atoms with Gasteiger partial charge in [0.2, 0.25) is 0 Å². The standard InChI is InChI=1S/C25H22N2O5/c1-30-17-10-8-9-16(15-17)27-24(28)22(18-11-4-6-13-20(18)31-2)23(25(27)29)26-19-12-5-7-14-21(19)32-3/h4-15,26H,1-3H3. The summed E-state index contributed by atoms with van der Waals surface area (Å²) in [5.41, 5.74) is 1.82. The maximum atomic E-state index is 13.6. The Morgan fingerprint density at radius 2 is 1.41 bits per heavy atom. The van der Waals surface area contributed by atoms with E-state index >= 15 is 0 Å². The van der Waals surface area contributed by atoms with Gasteiger partial charge in [-0.15, -0.1) is 0 Å². The van der Waals surface area contributed by atoms with Crippen molar-refractivity contribution < 1.29 is 23.8 Å². The third-order valence-electron chi connectivity index (χ3n) is 5.14. The van der Waals surface area contributed by atoms with Crippen LogP contribution in [0.1, 0.15) is 5.56 Å². The molecule has 0 spiro atoms. The van der Waals surface area contributed by atoms with Gasteiger partial charge in [-0.2, -0.15) is 0 Å². The molecule has 0 unspecified atom stereocenters. The minimum Gasteiger partial charge on any atom is -0.497 e. The second-order valence-corrected chi connectivity index (χ2v) is 6.92. The first-order chi connectivity index (χ1) is 15.6. The molecule has 1 aliphatic heterocycles. The van der Waals surface area contributed by atoms with E-state index in [1.54, 1.807) is 67.8 Å². The number of rotatable bonds is 7. The molecule has 0 bridgehead atoms. The summed E-state index contributed by atoms with van der Waals surface area (Å²) in [6.45, 7) is 0. The van der Waals surface area contributed by atoms with Gasteiger partial charge < -0.3 is 19.5 Å². The van der Waals surface area contributed by atoms with Crippen molar-refractivity contribution in [3.63, 3.8) is 0 Å². The molecule has 162 valence electrons. The van der Waals surface area contributed by atoms with Crippen LogP contribution >= 0.6 is 0 Å². The van der Waals surface area contributed by atoms with E-state index in [9.17, 15) is 9.59 Å². The molecule has 0 atom stereocenters. The zero-order chi connectivity index (χ0) is 22.7. The number of methoxy groups -OCH3 is 3. The van der Waals surface area contributed by atoms with Gasteiger partial charge in [-0.25, -0.2) is 4.90 Å². The van der Waals surface area contributed by atoms with E-state index in [-0.39, 0.29) is 11.3 Å². The molecule has 0 saturated heterocycles. The van der Waals surface area contributed by atoms with Crippen LogP contribution in [0, 0.1) is 0 Å². The predicted octanol–water partition coefficient (Wildman–Crippen LogP) is 4.11. The molecule has 1 aliphatic rings. The Hall–Kier alpha value is -4.26. The van der Waals surface area contributed by atoms with Gasteiger partial charge in [-0.3, -0.25) is 9.59 Å². The maximum Gasteiger partial charge on any atom is 0.282 e. The van der Waals surface area contributed by atoms with E-state index in [1.165, 1.54) is 14.2 Å². The molecule has 0 aliphatic carbocycles. The van der Waals surface area contributed by atoms with E-state index < -0.39 is 11.8 Å². The van der Waals surface area contributed by atoms with Crippen molar-refractivity contribution in [3.05, 3.63) is 84.1 Å². The summed E-state index contributed by atoms with van der Waals surface area (Å²) in [5, 5.41) is 3.12. The second kappa shape index (κ2) is 8.85. The Balaban J connectivity index is 1.88. The summed E-state index contributed by atoms with van der Waals surface area (Å²) in [7, 11) is 4.59. The molecule has 2 amide bonds. The van der Waals surface area contributed by atoms with Gasteiger partial charge in [0.15, 0.2) is 0 Å². The van der Waals surface area contributed by atoms with E-state index in [4.69, 9.17) is 14.2 Å². The number of amides is 2. The van der Waals surface area contributed by atoms with Crippen LogP contribution in [0.5, 0.6) is 17.2 Å². The molecule has 1 N–H and O–H groups in total. The van der Waals surface area contributed by atoms with Crippen molar-refractivity contribution >= 4 is 28.8 Å². The lowest BCUT2D eigenvalue weighted by Gasteiger charge is -2.16. The highest BCUT2D eigenvalue weighted by Gasteiger charge is 2.41. The highest BCUT2D eigenvalue weighted by molar-refractivity contribution is 6.46. The molecule has 3 aromatic carbocycles. The number of imide groups is 1. The minimum absolute atomic E-state index is 0.131. The number of carbonyl (C=O) groups excluding carboxylic acids is 2. The molecule has 4 rings (SSSR count). The zero-order valence-corrected chi connectivity index (χ0v) is 17.9. The highest BCUT2D eigenvalue weighted by atomic mass is 16.5. The normalized spacial score (nSPS) is 13.4. The van der Waals surface area contributed by atoms with E-state index in [0.717, 1.165) is 4.90 Å². The molecule has 0 aromatic heterocycles. The summed E-state index contributed by atoms with van der Waals surface area (Å²) in [6, 6.07) is 21.1. The molecular weight excluding hydrogens is 408 g/mol. The number of hydrogen-bond acceptors (Lipinski definition) is 6. The number of anilines is 2. The van der Waals surface area contributed by atoms with E-state index in [2.05, 4.69) is 5.32 Å². The van der Waals surface area contributed by atoms with Crippen molar-refractivity contribution in [1.29, 1.82) is 0 Å². The van der Waals surface area contributed by atoms with E-state index in [0.29, 0.717) is 34.2 Å².